The van der Waals surface area contributed by atoms with Crippen LogP contribution in [0.25, 0.3) is 0 Å². The summed E-state index contributed by atoms with van der Waals surface area (Å²) < 4.78 is 44.2. The van der Waals surface area contributed by atoms with Crippen molar-refractivity contribution in [1.29, 1.82) is 0 Å². The Balaban J connectivity index is 1.79. The Labute approximate surface area is 180 Å². The van der Waals surface area contributed by atoms with E-state index in [9.17, 15) is 18.0 Å². The molecule has 1 aliphatic rings. The summed E-state index contributed by atoms with van der Waals surface area (Å²) in [6, 6.07) is 10.6. The molecule has 31 heavy (non-hydrogen) atoms. The fourth-order valence-electron chi connectivity index (χ4n) is 3.70. The van der Waals surface area contributed by atoms with Crippen molar-refractivity contribution >= 4 is 11.6 Å². The SMILES string of the molecule is CNC(=O)[C@H](C)N[C@H](CCc1ccc(C(F)(F)F)cc1)c1ccc2c(c1)OCCN2C. The highest BCUT2D eigenvalue weighted by Gasteiger charge is 2.30. The van der Waals surface area contributed by atoms with Gasteiger partial charge in [0.05, 0.1) is 23.8 Å². The third-order valence-electron chi connectivity index (χ3n) is 5.58. The number of aryl methyl sites for hydroxylation is 1. The van der Waals surface area contributed by atoms with Crippen LogP contribution in [0.1, 0.15) is 36.1 Å². The molecule has 2 aromatic rings. The van der Waals surface area contributed by atoms with Crippen LogP contribution >= 0.6 is 0 Å². The first-order valence-corrected chi connectivity index (χ1v) is 10.3. The molecular weight excluding hydrogens is 407 g/mol. The number of halogens is 3. The molecule has 0 saturated heterocycles. The predicted molar refractivity (Wildman–Crippen MR) is 114 cm³/mol. The van der Waals surface area contributed by atoms with Crippen molar-refractivity contribution in [3.8, 4) is 5.75 Å². The van der Waals surface area contributed by atoms with Crippen LogP contribution < -0.4 is 20.3 Å². The lowest BCUT2D eigenvalue weighted by molar-refractivity contribution is -0.137. The maximum Gasteiger partial charge on any atom is 0.416 e. The lowest BCUT2D eigenvalue weighted by Crippen LogP contribution is -2.42. The number of ether oxygens (including phenoxy) is 1. The van der Waals surface area contributed by atoms with E-state index in [-0.39, 0.29) is 11.9 Å². The Hall–Kier alpha value is -2.74. The van der Waals surface area contributed by atoms with Crippen molar-refractivity contribution in [3.05, 3.63) is 59.2 Å². The van der Waals surface area contributed by atoms with Crippen molar-refractivity contribution in [3.63, 3.8) is 0 Å². The van der Waals surface area contributed by atoms with Crippen LogP contribution in [0.5, 0.6) is 5.75 Å². The molecule has 5 nitrogen and oxygen atoms in total. The minimum Gasteiger partial charge on any atom is -0.490 e. The highest BCUT2D eigenvalue weighted by atomic mass is 19.4. The van der Waals surface area contributed by atoms with E-state index in [1.54, 1.807) is 14.0 Å². The molecule has 0 unspecified atom stereocenters. The van der Waals surface area contributed by atoms with E-state index in [4.69, 9.17) is 4.74 Å². The fourth-order valence-corrected chi connectivity index (χ4v) is 3.70. The monoisotopic (exact) mass is 435 g/mol. The number of alkyl halides is 3. The summed E-state index contributed by atoms with van der Waals surface area (Å²) in [5.41, 5.74) is 2.13. The molecular formula is C23H28F3N3O2. The van der Waals surface area contributed by atoms with Crippen molar-refractivity contribution in [2.45, 2.75) is 38.0 Å². The highest BCUT2D eigenvalue weighted by molar-refractivity contribution is 5.81. The third kappa shape index (κ3) is 5.70. The Kier molecular flexibility index (Phi) is 7.10. The molecule has 8 heteroatoms. The van der Waals surface area contributed by atoms with E-state index >= 15 is 0 Å². The van der Waals surface area contributed by atoms with Crippen LogP contribution in [0.2, 0.25) is 0 Å². The Morgan fingerprint density at radius 1 is 1.19 bits per heavy atom. The number of nitrogens with one attached hydrogen (secondary N) is 2. The van der Waals surface area contributed by atoms with Crippen LogP contribution in [-0.4, -0.2) is 39.2 Å². The molecule has 0 spiro atoms. The summed E-state index contributed by atoms with van der Waals surface area (Å²) in [6.07, 6.45) is -3.17. The second-order valence-electron chi connectivity index (χ2n) is 7.79. The van der Waals surface area contributed by atoms with E-state index in [0.29, 0.717) is 19.4 Å². The van der Waals surface area contributed by atoms with Crippen molar-refractivity contribution in [1.82, 2.24) is 10.6 Å². The molecule has 2 atom stereocenters. The van der Waals surface area contributed by atoms with Crippen molar-refractivity contribution < 1.29 is 22.7 Å². The number of carbonyl (C=O) groups excluding carboxylic acids is 1. The molecule has 0 bridgehead atoms. The zero-order chi connectivity index (χ0) is 22.6. The van der Waals surface area contributed by atoms with Gasteiger partial charge in [-0.2, -0.15) is 13.2 Å². The molecule has 0 aliphatic carbocycles. The van der Waals surface area contributed by atoms with Crippen LogP contribution in [0.3, 0.4) is 0 Å². The average molecular weight is 435 g/mol. The Morgan fingerprint density at radius 3 is 2.55 bits per heavy atom. The van der Waals surface area contributed by atoms with Crippen LogP contribution in [0.15, 0.2) is 42.5 Å². The minimum absolute atomic E-state index is 0.131. The second kappa shape index (κ2) is 9.60. The fraction of sp³-hybridized carbons (Fsp3) is 0.435. The number of fused-ring (bicyclic) bond motifs is 1. The average Bonchev–Trinajstić information content (AvgIpc) is 2.75. The maximum absolute atomic E-state index is 12.8. The topological polar surface area (TPSA) is 53.6 Å². The zero-order valence-corrected chi connectivity index (χ0v) is 17.9. The van der Waals surface area contributed by atoms with Gasteiger partial charge in [-0.15, -0.1) is 0 Å². The Morgan fingerprint density at radius 2 is 1.90 bits per heavy atom. The number of hydrogen-bond donors (Lipinski definition) is 2. The summed E-state index contributed by atoms with van der Waals surface area (Å²) in [5.74, 6) is 0.661. The summed E-state index contributed by atoms with van der Waals surface area (Å²) in [7, 11) is 3.59. The number of hydrogen-bond acceptors (Lipinski definition) is 4. The third-order valence-corrected chi connectivity index (χ3v) is 5.58. The molecule has 2 aromatic carbocycles. The van der Waals surface area contributed by atoms with Gasteiger partial charge in [-0.1, -0.05) is 18.2 Å². The molecule has 3 rings (SSSR count). The molecule has 0 radical (unpaired) electrons. The van der Waals surface area contributed by atoms with E-state index in [0.717, 1.165) is 41.2 Å². The van der Waals surface area contributed by atoms with Crippen molar-refractivity contribution in [2.24, 2.45) is 0 Å². The first-order chi connectivity index (χ1) is 14.7. The summed E-state index contributed by atoms with van der Waals surface area (Å²) in [6.45, 7) is 3.20. The van der Waals surface area contributed by atoms with Gasteiger partial charge in [0.15, 0.2) is 0 Å². The predicted octanol–water partition coefficient (Wildman–Crippen LogP) is 3.93. The Bertz CT molecular complexity index is 900. The minimum atomic E-state index is -4.35. The van der Waals surface area contributed by atoms with E-state index in [2.05, 4.69) is 15.5 Å². The van der Waals surface area contributed by atoms with Gasteiger partial charge < -0.3 is 15.0 Å². The molecule has 1 aliphatic heterocycles. The molecule has 1 amide bonds. The number of anilines is 1. The zero-order valence-electron chi connectivity index (χ0n) is 17.9. The molecule has 168 valence electrons. The van der Waals surface area contributed by atoms with Crippen LogP contribution in [0.4, 0.5) is 18.9 Å². The quantitative estimate of drug-likeness (QED) is 0.692. The number of rotatable bonds is 7. The smallest absolute Gasteiger partial charge is 0.416 e. The van der Waals surface area contributed by atoms with E-state index < -0.39 is 17.8 Å². The lowest BCUT2D eigenvalue weighted by Gasteiger charge is -2.29. The first-order valence-electron chi connectivity index (χ1n) is 10.3. The summed E-state index contributed by atoms with van der Waals surface area (Å²) in [4.78, 5) is 14.2. The first kappa shape index (κ1) is 22.9. The van der Waals surface area contributed by atoms with E-state index in [1.165, 1.54) is 12.1 Å². The summed E-state index contributed by atoms with van der Waals surface area (Å²) >= 11 is 0. The molecule has 0 aromatic heterocycles. The van der Waals surface area contributed by atoms with Gasteiger partial charge in [-0.05, 0) is 55.2 Å². The number of likely N-dealkylation sites (N-methyl/N-ethyl adjacent to an activating group) is 2. The molecule has 0 fully saturated rings. The van der Waals surface area contributed by atoms with Gasteiger partial charge in [0.25, 0.3) is 0 Å². The van der Waals surface area contributed by atoms with Gasteiger partial charge in [0.2, 0.25) is 5.91 Å². The molecule has 0 saturated carbocycles. The van der Waals surface area contributed by atoms with Gasteiger partial charge in [0.1, 0.15) is 12.4 Å². The van der Waals surface area contributed by atoms with Gasteiger partial charge in [-0.3, -0.25) is 10.1 Å². The second-order valence-corrected chi connectivity index (χ2v) is 7.79. The number of carbonyl (C=O) groups is 1. The maximum atomic E-state index is 12.8. The number of benzene rings is 2. The van der Waals surface area contributed by atoms with Crippen molar-refractivity contribution in [2.75, 3.05) is 32.1 Å². The summed E-state index contributed by atoms with van der Waals surface area (Å²) in [5, 5.41) is 5.98. The standard InChI is InChI=1S/C23H28F3N3O2/c1-15(22(30)27-2)28-19(10-6-16-4-8-18(9-5-16)23(24,25)26)17-7-11-20-21(14-17)31-13-12-29(20)3/h4-5,7-9,11,14-15,19,28H,6,10,12-13H2,1-3H3,(H,27,30)/t15-,19+/m0/s1. The molecule has 1 heterocycles. The number of amides is 1. The van der Waals surface area contributed by atoms with Gasteiger partial charge in [-0.25, -0.2) is 0 Å². The number of nitrogens with zero attached hydrogens (tertiary/aromatic N) is 1. The van der Waals surface area contributed by atoms with Crippen LogP contribution in [-0.2, 0) is 17.4 Å². The van der Waals surface area contributed by atoms with Gasteiger partial charge >= 0.3 is 6.18 Å². The molecule has 2 N–H and O–H groups in total. The normalized spacial score (nSPS) is 15.6. The lowest BCUT2D eigenvalue weighted by atomic mass is 9.96. The largest absolute Gasteiger partial charge is 0.490 e. The van der Waals surface area contributed by atoms with Gasteiger partial charge in [0, 0.05) is 20.1 Å². The van der Waals surface area contributed by atoms with E-state index in [1.807, 2.05) is 25.2 Å². The highest BCUT2D eigenvalue weighted by Crippen LogP contribution is 2.34. The van der Waals surface area contributed by atoms with Crippen LogP contribution in [0, 0.1) is 0 Å².